The predicted molar refractivity (Wildman–Crippen MR) is 89.3 cm³/mol. The number of methoxy groups -OCH3 is 1. The van der Waals surface area contributed by atoms with E-state index in [9.17, 15) is 8.42 Å². The van der Waals surface area contributed by atoms with Crippen LogP contribution < -0.4 is 9.47 Å². The van der Waals surface area contributed by atoms with Crippen LogP contribution in [0.25, 0.3) is 0 Å². The second-order valence-corrected chi connectivity index (χ2v) is 7.00. The molecule has 0 heterocycles. The van der Waals surface area contributed by atoms with Crippen LogP contribution in [0.2, 0.25) is 0 Å². The smallest absolute Gasteiger partial charge is 0.246 e. The Labute approximate surface area is 137 Å². The minimum Gasteiger partial charge on any atom is -0.495 e. The van der Waals surface area contributed by atoms with Gasteiger partial charge in [-0.2, -0.15) is 4.31 Å². The monoisotopic (exact) mass is 335 g/mol. The van der Waals surface area contributed by atoms with Crippen LogP contribution in [0.1, 0.15) is 12.5 Å². The highest BCUT2D eigenvalue weighted by Crippen LogP contribution is 2.26. The lowest BCUT2D eigenvalue weighted by Crippen LogP contribution is -2.26. The van der Waals surface area contributed by atoms with Gasteiger partial charge in [0.1, 0.15) is 16.4 Å². The summed E-state index contributed by atoms with van der Waals surface area (Å²) in [6.07, 6.45) is 0. The molecule has 0 aliphatic carbocycles. The molecular weight excluding hydrogens is 314 g/mol. The number of hydrogen-bond acceptors (Lipinski definition) is 4. The first kappa shape index (κ1) is 17.3. The highest BCUT2D eigenvalue weighted by Gasteiger charge is 2.24. The Bertz CT molecular complexity index is 741. The van der Waals surface area contributed by atoms with E-state index in [1.54, 1.807) is 31.3 Å². The van der Waals surface area contributed by atoms with E-state index in [2.05, 4.69) is 0 Å². The van der Waals surface area contributed by atoms with Crippen LogP contribution in [0, 0.1) is 0 Å². The molecule has 0 aliphatic rings. The van der Waals surface area contributed by atoms with Crippen molar-refractivity contribution in [3.63, 3.8) is 0 Å². The third-order valence-corrected chi connectivity index (χ3v) is 5.24. The molecular formula is C17H21NO4S. The highest BCUT2D eigenvalue weighted by molar-refractivity contribution is 7.89. The summed E-state index contributed by atoms with van der Waals surface area (Å²) >= 11 is 0. The van der Waals surface area contributed by atoms with Crippen LogP contribution >= 0.6 is 0 Å². The first-order valence-electron chi connectivity index (χ1n) is 7.30. The summed E-state index contributed by atoms with van der Waals surface area (Å²) in [6.45, 7) is 2.79. The summed E-state index contributed by atoms with van der Waals surface area (Å²) in [7, 11) is -0.610. The molecule has 0 radical (unpaired) electrons. The van der Waals surface area contributed by atoms with Crippen LogP contribution in [-0.4, -0.2) is 33.5 Å². The van der Waals surface area contributed by atoms with Crippen LogP contribution in [0.15, 0.2) is 53.4 Å². The number of ether oxygens (including phenoxy) is 2. The molecule has 0 N–H and O–H groups in total. The second-order valence-electron chi connectivity index (χ2n) is 4.99. The molecule has 0 atom stereocenters. The van der Waals surface area contributed by atoms with Crippen LogP contribution in [0.4, 0.5) is 0 Å². The maximum atomic E-state index is 12.7. The van der Waals surface area contributed by atoms with E-state index >= 15 is 0 Å². The first-order chi connectivity index (χ1) is 11.0. The van der Waals surface area contributed by atoms with Gasteiger partial charge in [-0.15, -0.1) is 0 Å². The van der Waals surface area contributed by atoms with E-state index in [4.69, 9.17) is 9.47 Å². The van der Waals surface area contributed by atoms with Crippen molar-refractivity contribution >= 4 is 10.0 Å². The summed E-state index contributed by atoms with van der Waals surface area (Å²) in [5.74, 6) is 1.11. The second kappa shape index (κ2) is 7.48. The zero-order valence-corrected chi connectivity index (χ0v) is 14.3. The Hall–Kier alpha value is -2.05. The van der Waals surface area contributed by atoms with Crippen molar-refractivity contribution in [2.24, 2.45) is 0 Å². The average molecular weight is 335 g/mol. The first-order valence-corrected chi connectivity index (χ1v) is 8.74. The Morgan fingerprint density at radius 2 is 1.70 bits per heavy atom. The molecule has 0 aliphatic heterocycles. The minimum atomic E-state index is -3.62. The molecule has 23 heavy (non-hydrogen) atoms. The molecule has 2 aromatic rings. The highest BCUT2D eigenvalue weighted by atomic mass is 32.2. The maximum absolute atomic E-state index is 12.7. The number of hydrogen-bond donors (Lipinski definition) is 0. The molecule has 5 nitrogen and oxygen atoms in total. The SMILES string of the molecule is CCOc1ccc(CN(C)S(=O)(=O)c2ccccc2OC)cc1. The number of para-hydroxylation sites is 1. The van der Waals surface area contributed by atoms with Crippen molar-refractivity contribution in [1.82, 2.24) is 4.31 Å². The van der Waals surface area contributed by atoms with Gasteiger partial charge in [-0.1, -0.05) is 24.3 Å². The minimum absolute atomic E-state index is 0.163. The fourth-order valence-corrected chi connectivity index (χ4v) is 3.51. The molecule has 0 aromatic heterocycles. The standard InChI is InChI=1S/C17H21NO4S/c1-4-22-15-11-9-14(10-12-15)13-18(2)23(19,20)17-8-6-5-7-16(17)21-3/h5-12H,4,13H2,1-3H3. The quantitative estimate of drug-likeness (QED) is 0.781. The molecule has 0 spiro atoms. The van der Waals surface area contributed by atoms with Crippen molar-refractivity contribution in [3.05, 3.63) is 54.1 Å². The lowest BCUT2D eigenvalue weighted by Gasteiger charge is -2.19. The zero-order valence-electron chi connectivity index (χ0n) is 13.5. The summed E-state index contributed by atoms with van der Waals surface area (Å²) in [5, 5.41) is 0. The van der Waals surface area contributed by atoms with E-state index in [1.807, 2.05) is 31.2 Å². The van der Waals surface area contributed by atoms with Gasteiger partial charge in [0.15, 0.2) is 0 Å². The van der Waals surface area contributed by atoms with Crippen molar-refractivity contribution in [2.45, 2.75) is 18.4 Å². The molecule has 124 valence electrons. The molecule has 0 amide bonds. The molecule has 2 aromatic carbocycles. The fourth-order valence-electron chi connectivity index (χ4n) is 2.20. The maximum Gasteiger partial charge on any atom is 0.246 e. The average Bonchev–Trinajstić information content (AvgIpc) is 2.56. The van der Waals surface area contributed by atoms with E-state index in [0.717, 1.165) is 11.3 Å². The summed E-state index contributed by atoms with van der Waals surface area (Å²) in [6, 6.07) is 14.0. The van der Waals surface area contributed by atoms with Crippen LogP contribution in [-0.2, 0) is 16.6 Å². The van der Waals surface area contributed by atoms with Gasteiger partial charge < -0.3 is 9.47 Å². The Morgan fingerprint density at radius 3 is 2.30 bits per heavy atom. The zero-order chi connectivity index (χ0) is 16.9. The Balaban J connectivity index is 2.20. The van der Waals surface area contributed by atoms with Crippen molar-refractivity contribution in [2.75, 3.05) is 20.8 Å². The summed E-state index contributed by atoms with van der Waals surface area (Å²) in [4.78, 5) is 0.163. The predicted octanol–water partition coefficient (Wildman–Crippen LogP) is 2.91. The van der Waals surface area contributed by atoms with E-state index in [-0.39, 0.29) is 11.4 Å². The van der Waals surface area contributed by atoms with Gasteiger partial charge in [-0.3, -0.25) is 0 Å². The lowest BCUT2D eigenvalue weighted by atomic mass is 10.2. The fraction of sp³-hybridized carbons (Fsp3) is 0.294. The third kappa shape index (κ3) is 4.03. The van der Waals surface area contributed by atoms with Gasteiger partial charge in [-0.05, 0) is 36.8 Å². The number of nitrogens with zero attached hydrogens (tertiary/aromatic N) is 1. The van der Waals surface area contributed by atoms with Gasteiger partial charge in [0, 0.05) is 13.6 Å². The molecule has 0 unspecified atom stereocenters. The van der Waals surface area contributed by atoms with Gasteiger partial charge in [-0.25, -0.2) is 8.42 Å². The lowest BCUT2D eigenvalue weighted by molar-refractivity contribution is 0.340. The van der Waals surface area contributed by atoms with Crippen LogP contribution in [0.3, 0.4) is 0 Å². The molecule has 0 saturated carbocycles. The molecule has 2 rings (SSSR count). The van der Waals surface area contributed by atoms with Gasteiger partial charge in [0.05, 0.1) is 13.7 Å². The molecule has 0 fully saturated rings. The van der Waals surface area contributed by atoms with Crippen molar-refractivity contribution < 1.29 is 17.9 Å². The van der Waals surface area contributed by atoms with Crippen molar-refractivity contribution in [3.8, 4) is 11.5 Å². The summed E-state index contributed by atoms with van der Waals surface area (Å²) < 4.78 is 37.3. The van der Waals surface area contributed by atoms with Gasteiger partial charge in [0.25, 0.3) is 0 Å². The number of benzene rings is 2. The van der Waals surface area contributed by atoms with Crippen LogP contribution in [0.5, 0.6) is 11.5 Å². The third-order valence-electron chi connectivity index (χ3n) is 3.40. The van der Waals surface area contributed by atoms with E-state index in [0.29, 0.717) is 12.4 Å². The van der Waals surface area contributed by atoms with Crippen molar-refractivity contribution in [1.29, 1.82) is 0 Å². The molecule has 0 saturated heterocycles. The molecule has 6 heteroatoms. The molecule has 0 bridgehead atoms. The number of sulfonamides is 1. The van der Waals surface area contributed by atoms with E-state index in [1.165, 1.54) is 11.4 Å². The van der Waals surface area contributed by atoms with E-state index < -0.39 is 10.0 Å². The normalized spacial score (nSPS) is 11.5. The Kier molecular flexibility index (Phi) is 5.63. The summed E-state index contributed by atoms with van der Waals surface area (Å²) in [5.41, 5.74) is 0.884. The van der Waals surface area contributed by atoms with Gasteiger partial charge >= 0.3 is 0 Å². The largest absolute Gasteiger partial charge is 0.495 e. The number of rotatable bonds is 7. The Morgan fingerprint density at radius 1 is 1.04 bits per heavy atom. The topological polar surface area (TPSA) is 55.8 Å². The van der Waals surface area contributed by atoms with Gasteiger partial charge in [0.2, 0.25) is 10.0 Å².